The number of rotatable bonds is 5. The quantitative estimate of drug-likeness (QED) is 0.706. The summed E-state index contributed by atoms with van der Waals surface area (Å²) in [5.41, 5.74) is 0. The van der Waals surface area contributed by atoms with Crippen LogP contribution in [0.4, 0.5) is 0 Å². The fourth-order valence-electron chi connectivity index (χ4n) is 2.94. The van der Waals surface area contributed by atoms with Crippen LogP contribution < -0.4 is 0 Å². The van der Waals surface area contributed by atoms with E-state index >= 15 is 0 Å². The Hall–Kier alpha value is -0.200. The lowest BCUT2D eigenvalue weighted by molar-refractivity contribution is 0.0317. The fraction of sp³-hybridized carbons (Fsp3) is 1.00. The van der Waals surface area contributed by atoms with Crippen LogP contribution in [-0.4, -0.2) is 98.5 Å². The highest BCUT2D eigenvalue weighted by Crippen LogP contribution is 2.18. The lowest BCUT2D eigenvalue weighted by Crippen LogP contribution is -2.44. The van der Waals surface area contributed by atoms with E-state index in [1.165, 1.54) is 0 Å². The second-order valence-corrected chi connectivity index (χ2v) is 5.75. The smallest absolute Gasteiger partial charge is 0.0682 e. The molecule has 0 saturated carbocycles. The number of ether oxygens (including phenoxy) is 1. The molecule has 106 valence electrons. The van der Waals surface area contributed by atoms with E-state index in [-0.39, 0.29) is 6.10 Å². The minimum absolute atomic E-state index is 0.139. The first-order chi connectivity index (χ1) is 8.65. The van der Waals surface area contributed by atoms with Crippen LogP contribution in [0, 0.1) is 0 Å². The zero-order valence-electron chi connectivity index (χ0n) is 11.7. The Morgan fingerprint density at radius 1 is 1.22 bits per heavy atom. The third kappa shape index (κ3) is 4.17. The van der Waals surface area contributed by atoms with Crippen molar-refractivity contribution in [3.63, 3.8) is 0 Å². The van der Waals surface area contributed by atoms with Gasteiger partial charge in [-0.2, -0.15) is 0 Å². The van der Waals surface area contributed by atoms with Gasteiger partial charge in [-0.25, -0.2) is 0 Å². The Labute approximate surface area is 110 Å². The van der Waals surface area contributed by atoms with E-state index in [1.807, 2.05) is 0 Å². The lowest BCUT2D eigenvalue weighted by Gasteiger charge is -2.31. The molecule has 2 aliphatic heterocycles. The SMILES string of the molecule is CN(C)CC1CC(O)CN1CCN1CCOCC1. The molecule has 0 spiro atoms. The molecule has 2 atom stereocenters. The van der Waals surface area contributed by atoms with Crippen molar-refractivity contribution >= 4 is 0 Å². The maximum Gasteiger partial charge on any atom is 0.0682 e. The Morgan fingerprint density at radius 3 is 2.61 bits per heavy atom. The first kappa shape index (κ1) is 14.2. The molecule has 0 aromatic rings. The van der Waals surface area contributed by atoms with Gasteiger partial charge in [-0.1, -0.05) is 0 Å². The molecule has 2 rings (SSSR count). The number of hydrogen-bond acceptors (Lipinski definition) is 5. The van der Waals surface area contributed by atoms with Crippen LogP contribution in [0.3, 0.4) is 0 Å². The number of β-amino-alcohol motifs (C(OH)–C–C–N with tert-alkyl or cyclic N) is 1. The van der Waals surface area contributed by atoms with Gasteiger partial charge < -0.3 is 14.7 Å². The first-order valence-corrected chi connectivity index (χ1v) is 7.02. The van der Waals surface area contributed by atoms with Crippen molar-refractivity contribution in [3.05, 3.63) is 0 Å². The summed E-state index contributed by atoms with van der Waals surface area (Å²) >= 11 is 0. The Balaban J connectivity index is 1.75. The van der Waals surface area contributed by atoms with Crippen LogP contribution in [0.1, 0.15) is 6.42 Å². The zero-order valence-corrected chi connectivity index (χ0v) is 11.7. The molecule has 0 radical (unpaired) electrons. The molecule has 2 heterocycles. The number of aliphatic hydroxyl groups excluding tert-OH is 1. The van der Waals surface area contributed by atoms with Gasteiger partial charge in [0.15, 0.2) is 0 Å². The molecule has 0 amide bonds. The second kappa shape index (κ2) is 6.82. The van der Waals surface area contributed by atoms with Crippen molar-refractivity contribution < 1.29 is 9.84 Å². The largest absolute Gasteiger partial charge is 0.392 e. The molecule has 1 N–H and O–H groups in total. The van der Waals surface area contributed by atoms with Crippen molar-refractivity contribution in [2.24, 2.45) is 0 Å². The summed E-state index contributed by atoms with van der Waals surface area (Å²) in [4.78, 5) is 7.12. The molecule has 0 aromatic carbocycles. The van der Waals surface area contributed by atoms with Gasteiger partial charge in [0.2, 0.25) is 0 Å². The van der Waals surface area contributed by atoms with Gasteiger partial charge in [-0.15, -0.1) is 0 Å². The molecule has 2 fully saturated rings. The highest BCUT2D eigenvalue weighted by molar-refractivity contribution is 4.87. The second-order valence-electron chi connectivity index (χ2n) is 5.75. The Bertz CT molecular complexity index is 244. The summed E-state index contributed by atoms with van der Waals surface area (Å²) < 4.78 is 5.36. The molecule has 5 heteroatoms. The summed E-state index contributed by atoms with van der Waals surface area (Å²) in [7, 11) is 4.20. The number of likely N-dealkylation sites (tertiary alicyclic amines) is 1. The molecule has 2 unspecified atom stereocenters. The summed E-state index contributed by atoms with van der Waals surface area (Å²) in [6.45, 7) is 7.87. The van der Waals surface area contributed by atoms with E-state index in [4.69, 9.17) is 4.74 Å². The van der Waals surface area contributed by atoms with E-state index in [9.17, 15) is 5.11 Å². The first-order valence-electron chi connectivity index (χ1n) is 7.02. The Morgan fingerprint density at radius 2 is 1.94 bits per heavy atom. The van der Waals surface area contributed by atoms with Gasteiger partial charge in [0, 0.05) is 45.3 Å². The van der Waals surface area contributed by atoms with E-state index in [2.05, 4.69) is 28.8 Å². The maximum absolute atomic E-state index is 9.83. The van der Waals surface area contributed by atoms with E-state index < -0.39 is 0 Å². The van der Waals surface area contributed by atoms with Gasteiger partial charge in [0.25, 0.3) is 0 Å². The van der Waals surface area contributed by atoms with Gasteiger partial charge in [-0.3, -0.25) is 9.80 Å². The van der Waals surface area contributed by atoms with Crippen molar-refractivity contribution in [1.29, 1.82) is 0 Å². The molecule has 0 aromatic heterocycles. The van der Waals surface area contributed by atoms with Gasteiger partial charge in [-0.05, 0) is 20.5 Å². The predicted octanol–water partition coefficient (Wildman–Crippen LogP) is -0.685. The fourth-order valence-corrected chi connectivity index (χ4v) is 2.94. The minimum Gasteiger partial charge on any atom is -0.392 e. The molecular formula is C13H27N3O2. The number of morpholine rings is 1. The summed E-state index contributed by atoms with van der Waals surface area (Å²) in [5.74, 6) is 0. The maximum atomic E-state index is 9.83. The van der Waals surface area contributed by atoms with Crippen LogP contribution >= 0.6 is 0 Å². The van der Waals surface area contributed by atoms with Crippen LogP contribution in [0.25, 0.3) is 0 Å². The molecular weight excluding hydrogens is 230 g/mol. The van der Waals surface area contributed by atoms with Gasteiger partial charge in [0.05, 0.1) is 19.3 Å². The summed E-state index contributed by atoms with van der Waals surface area (Å²) in [6.07, 6.45) is 0.779. The van der Waals surface area contributed by atoms with E-state index in [0.717, 1.165) is 58.9 Å². The van der Waals surface area contributed by atoms with Gasteiger partial charge >= 0.3 is 0 Å². The summed E-state index contributed by atoms with van der Waals surface area (Å²) in [6, 6.07) is 0.510. The Kier molecular flexibility index (Phi) is 5.38. The van der Waals surface area contributed by atoms with Crippen LogP contribution in [0.2, 0.25) is 0 Å². The van der Waals surface area contributed by atoms with Crippen molar-refractivity contribution in [2.45, 2.75) is 18.6 Å². The highest BCUT2D eigenvalue weighted by Gasteiger charge is 2.31. The molecule has 2 aliphatic rings. The average molecular weight is 257 g/mol. The van der Waals surface area contributed by atoms with Crippen molar-refractivity contribution in [1.82, 2.24) is 14.7 Å². The van der Waals surface area contributed by atoms with Gasteiger partial charge in [0.1, 0.15) is 0 Å². The van der Waals surface area contributed by atoms with Crippen LogP contribution in [-0.2, 0) is 4.74 Å². The molecule has 0 aliphatic carbocycles. The number of hydrogen-bond donors (Lipinski definition) is 1. The molecule has 5 nitrogen and oxygen atoms in total. The number of likely N-dealkylation sites (N-methyl/N-ethyl adjacent to an activating group) is 1. The summed E-state index contributed by atoms with van der Waals surface area (Å²) in [5, 5.41) is 9.83. The third-order valence-corrected chi connectivity index (χ3v) is 3.89. The monoisotopic (exact) mass is 257 g/mol. The lowest BCUT2D eigenvalue weighted by atomic mass is 10.2. The highest BCUT2D eigenvalue weighted by atomic mass is 16.5. The van der Waals surface area contributed by atoms with Crippen LogP contribution in [0.5, 0.6) is 0 Å². The molecule has 2 saturated heterocycles. The van der Waals surface area contributed by atoms with Crippen molar-refractivity contribution in [2.75, 3.05) is 66.6 Å². The number of aliphatic hydroxyl groups is 1. The van der Waals surface area contributed by atoms with E-state index in [1.54, 1.807) is 0 Å². The van der Waals surface area contributed by atoms with E-state index in [0.29, 0.717) is 6.04 Å². The molecule has 18 heavy (non-hydrogen) atoms. The molecule has 0 bridgehead atoms. The predicted molar refractivity (Wildman–Crippen MR) is 71.8 cm³/mol. The zero-order chi connectivity index (χ0) is 13.0. The van der Waals surface area contributed by atoms with Crippen molar-refractivity contribution in [3.8, 4) is 0 Å². The standard InChI is InChI=1S/C13H27N3O2/c1-14(2)10-12-9-13(17)11-16(12)4-3-15-5-7-18-8-6-15/h12-13,17H,3-11H2,1-2H3. The normalized spacial score (nSPS) is 31.3. The van der Waals surface area contributed by atoms with Crippen LogP contribution in [0.15, 0.2) is 0 Å². The third-order valence-electron chi connectivity index (χ3n) is 3.89. The topological polar surface area (TPSA) is 39.2 Å². The minimum atomic E-state index is -0.139. The number of nitrogens with zero attached hydrogens (tertiary/aromatic N) is 3. The average Bonchev–Trinajstić information content (AvgIpc) is 2.67.